The molecule has 3 amide bonds. The van der Waals surface area contributed by atoms with Crippen molar-refractivity contribution in [3.63, 3.8) is 0 Å². The highest BCUT2D eigenvalue weighted by atomic mass is 28.4. The highest BCUT2D eigenvalue weighted by molar-refractivity contribution is 6.71. The van der Waals surface area contributed by atoms with Crippen molar-refractivity contribution in [3.8, 4) is 0 Å². The summed E-state index contributed by atoms with van der Waals surface area (Å²) < 4.78 is 6.89. The van der Waals surface area contributed by atoms with Crippen molar-refractivity contribution in [2.75, 3.05) is 16.8 Å². The number of amides is 3. The molecule has 0 radical (unpaired) electrons. The van der Waals surface area contributed by atoms with Crippen LogP contribution < -0.4 is 10.2 Å². The lowest BCUT2D eigenvalue weighted by molar-refractivity contribution is -0.151. The van der Waals surface area contributed by atoms with Crippen molar-refractivity contribution in [2.24, 2.45) is 5.92 Å². The fraction of sp³-hybridized carbons (Fsp3) is 0.417. The molecule has 10 nitrogen and oxygen atoms in total. The summed E-state index contributed by atoms with van der Waals surface area (Å²) >= 11 is 0. The van der Waals surface area contributed by atoms with Gasteiger partial charge in [-0.3, -0.25) is 14.4 Å². The van der Waals surface area contributed by atoms with Crippen LogP contribution >= 0.6 is 0 Å². The number of carbonyl (C=O) groups is 3. The summed E-state index contributed by atoms with van der Waals surface area (Å²) in [6.45, 7) is 7.35. The third kappa shape index (κ3) is 5.91. The number of aliphatic hydroxyl groups excluding tert-OH is 2. The van der Waals surface area contributed by atoms with Gasteiger partial charge in [0.05, 0.1) is 37.4 Å². The number of ether oxygens (including phenoxy) is 1. The second-order valence-electron chi connectivity index (χ2n) is 13.7. The topological polar surface area (TPSA) is 140 Å². The Bertz CT molecular complexity index is 1680. The Labute approximate surface area is 276 Å². The van der Waals surface area contributed by atoms with E-state index in [4.69, 9.17) is 4.74 Å². The van der Waals surface area contributed by atoms with Gasteiger partial charge in [-0.25, -0.2) is 0 Å². The minimum atomic E-state index is -3.06. The molecule has 1 spiro atoms. The van der Waals surface area contributed by atoms with Crippen LogP contribution in [-0.2, 0) is 44.2 Å². The molecule has 3 aromatic carbocycles. The third-order valence-corrected chi connectivity index (χ3v) is 12.6. The smallest absolute Gasteiger partial charge is 0.264 e. The highest BCUT2D eigenvalue weighted by Gasteiger charge is 2.66. The molecule has 3 aliphatic heterocycles. The number of anilines is 2. The molecule has 4 N–H and O–H groups in total. The molecule has 3 aromatic rings. The van der Waals surface area contributed by atoms with E-state index in [0.29, 0.717) is 29.9 Å². The summed E-state index contributed by atoms with van der Waals surface area (Å²) in [5.74, 6) is -1.60. The van der Waals surface area contributed by atoms with Gasteiger partial charge in [0.2, 0.25) is 5.91 Å². The normalized spacial score (nSPS) is 25.9. The van der Waals surface area contributed by atoms with Crippen LogP contribution in [0.1, 0.15) is 42.5 Å². The van der Waals surface area contributed by atoms with Crippen molar-refractivity contribution in [2.45, 2.75) is 82.3 Å². The summed E-state index contributed by atoms with van der Waals surface area (Å²) in [6.07, 6.45) is -1.54. The van der Waals surface area contributed by atoms with E-state index in [0.717, 1.165) is 16.7 Å². The summed E-state index contributed by atoms with van der Waals surface area (Å²) in [5, 5.41) is 22.8. The SMILES string of the molecule is C[C@H](O)C(=O)Nc1ccc2c(c1)[C@@]1(O[C@H](CC(=O)N3Cc4ccccc4C[C@H]3CO)[C@@H]([Si](C)(C)O)[C@@H]1C)C(=O)N2Cc1ccccc1. The first-order valence-corrected chi connectivity index (χ1v) is 19.2. The van der Waals surface area contributed by atoms with Crippen molar-refractivity contribution in [3.05, 3.63) is 95.1 Å². The van der Waals surface area contributed by atoms with E-state index >= 15 is 0 Å². The number of aliphatic hydroxyl groups is 2. The predicted octanol–water partition coefficient (Wildman–Crippen LogP) is 3.69. The van der Waals surface area contributed by atoms with E-state index < -0.39 is 49.5 Å². The number of nitrogens with zero attached hydrogens (tertiary/aromatic N) is 2. The van der Waals surface area contributed by atoms with Gasteiger partial charge in [0.15, 0.2) is 13.9 Å². The lowest BCUT2D eigenvalue weighted by atomic mass is 9.82. The Kier molecular flexibility index (Phi) is 8.88. The number of carbonyl (C=O) groups excluding carboxylic acids is 3. The molecule has 248 valence electrons. The molecule has 0 aliphatic carbocycles. The van der Waals surface area contributed by atoms with Crippen LogP contribution in [0.25, 0.3) is 0 Å². The van der Waals surface area contributed by atoms with E-state index in [-0.39, 0.29) is 31.4 Å². The maximum absolute atomic E-state index is 14.8. The zero-order valence-electron chi connectivity index (χ0n) is 27.2. The molecule has 3 aliphatic rings. The van der Waals surface area contributed by atoms with Crippen LogP contribution in [0, 0.1) is 5.92 Å². The van der Waals surface area contributed by atoms with Gasteiger partial charge < -0.3 is 34.9 Å². The van der Waals surface area contributed by atoms with Crippen molar-refractivity contribution in [1.82, 2.24) is 4.90 Å². The molecule has 6 atom stereocenters. The van der Waals surface area contributed by atoms with Gasteiger partial charge in [0.1, 0.15) is 6.10 Å². The van der Waals surface area contributed by atoms with Crippen LogP contribution in [0.5, 0.6) is 0 Å². The molecular formula is C36H43N3O7Si. The zero-order chi connectivity index (χ0) is 33.7. The lowest BCUT2D eigenvalue weighted by Gasteiger charge is -2.37. The van der Waals surface area contributed by atoms with Gasteiger partial charge >= 0.3 is 0 Å². The van der Waals surface area contributed by atoms with Crippen LogP contribution in [-0.4, -0.2) is 70.8 Å². The molecule has 47 heavy (non-hydrogen) atoms. The molecule has 1 fully saturated rings. The van der Waals surface area contributed by atoms with Crippen LogP contribution in [0.4, 0.5) is 11.4 Å². The third-order valence-electron chi connectivity index (χ3n) is 10.1. The summed E-state index contributed by atoms with van der Waals surface area (Å²) in [5.41, 5.74) is 2.61. The van der Waals surface area contributed by atoms with E-state index in [1.807, 2.05) is 74.6 Å². The minimum Gasteiger partial charge on any atom is -0.432 e. The lowest BCUT2D eigenvalue weighted by Crippen LogP contribution is -2.48. The monoisotopic (exact) mass is 657 g/mol. The average molecular weight is 658 g/mol. The van der Waals surface area contributed by atoms with Crippen LogP contribution in [0.3, 0.4) is 0 Å². The predicted molar refractivity (Wildman–Crippen MR) is 180 cm³/mol. The fourth-order valence-electron chi connectivity index (χ4n) is 7.86. The van der Waals surface area contributed by atoms with Crippen molar-refractivity contribution < 1.29 is 34.1 Å². The number of hydrogen-bond acceptors (Lipinski definition) is 7. The first kappa shape index (κ1) is 33.0. The van der Waals surface area contributed by atoms with Crippen molar-refractivity contribution >= 4 is 37.4 Å². The number of rotatable bonds is 8. The van der Waals surface area contributed by atoms with E-state index in [1.54, 1.807) is 28.0 Å². The second-order valence-corrected chi connectivity index (χ2v) is 17.6. The Balaban J connectivity index is 1.39. The molecule has 1 saturated heterocycles. The maximum atomic E-state index is 14.8. The zero-order valence-corrected chi connectivity index (χ0v) is 28.2. The first-order valence-electron chi connectivity index (χ1n) is 16.2. The average Bonchev–Trinajstić information content (AvgIpc) is 3.46. The molecule has 11 heteroatoms. The summed E-state index contributed by atoms with van der Waals surface area (Å²) in [7, 11) is -3.06. The molecule has 0 bridgehead atoms. The van der Waals surface area contributed by atoms with Crippen LogP contribution in [0.2, 0.25) is 18.6 Å². The van der Waals surface area contributed by atoms with Gasteiger partial charge in [-0.1, -0.05) is 61.5 Å². The molecule has 0 aromatic heterocycles. The molecule has 0 unspecified atom stereocenters. The van der Waals surface area contributed by atoms with E-state index in [9.17, 15) is 29.4 Å². The largest absolute Gasteiger partial charge is 0.432 e. The Hall–Kier alpha value is -3.87. The number of fused-ring (bicyclic) bond motifs is 3. The molecule has 3 heterocycles. The maximum Gasteiger partial charge on any atom is 0.264 e. The molecular weight excluding hydrogens is 614 g/mol. The number of hydrogen-bond donors (Lipinski definition) is 4. The number of nitrogens with one attached hydrogen (secondary N) is 1. The van der Waals surface area contributed by atoms with Gasteiger partial charge in [-0.2, -0.15) is 0 Å². The van der Waals surface area contributed by atoms with Crippen molar-refractivity contribution in [1.29, 1.82) is 0 Å². The standard InChI is InChI=1S/C36H43N3O7Si/c1-22-33(47(3,4)45)31(18-32(42)38-20-26-13-9-8-12-25(26)16-28(38)21-40)46-36(22)29-17-27(37-34(43)23(2)41)14-15-30(29)39(35(36)44)19-24-10-6-5-7-11-24/h5-15,17,22-23,28,31,33,40-41,45H,16,18-21H2,1-4H3,(H,37,43)/t22-,23-,28-,31+,33-,36+/m0/s1. The fourth-order valence-corrected chi connectivity index (χ4v) is 10.4. The van der Waals surface area contributed by atoms with Gasteiger partial charge in [0, 0.05) is 29.3 Å². The summed E-state index contributed by atoms with van der Waals surface area (Å²) in [4.78, 5) is 56.4. The number of benzene rings is 3. The molecule has 0 saturated carbocycles. The highest BCUT2D eigenvalue weighted by Crippen LogP contribution is 2.60. The Morgan fingerprint density at radius 3 is 2.40 bits per heavy atom. The molecule has 6 rings (SSSR count). The Morgan fingerprint density at radius 2 is 1.74 bits per heavy atom. The van der Waals surface area contributed by atoms with E-state index in [1.165, 1.54) is 6.92 Å². The van der Waals surface area contributed by atoms with E-state index in [2.05, 4.69) is 5.32 Å². The first-order chi connectivity index (χ1) is 22.3. The minimum absolute atomic E-state index is 0.0633. The Morgan fingerprint density at radius 1 is 1.06 bits per heavy atom. The van der Waals surface area contributed by atoms with Crippen LogP contribution in [0.15, 0.2) is 72.8 Å². The quantitative estimate of drug-likeness (QED) is 0.271. The van der Waals surface area contributed by atoms with Gasteiger partial charge in [-0.15, -0.1) is 0 Å². The van der Waals surface area contributed by atoms with Gasteiger partial charge in [0.25, 0.3) is 11.8 Å². The van der Waals surface area contributed by atoms with Gasteiger partial charge in [-0.05, 0) is 61.3 Å². The summed E-state index contributed by atoms with van der Waals surface area (Å²) in [6, 6.07) is 22.3. The second kappa shape index (κ2) is 12.6.